The molecule has 27 heavy (non-hydrogen) atoms. The molecule has 4 heteroatoms. The third-order valence-electron chi connectivity index (χ3n) is 5.14. The van der Waals surface area contributed by atoms with Crippen LogP contribution >= 0.6 is 0 Å². The summed E-state index contributed by atoms with van der Waals surface area (Å²) in [7, 11) is 0. The van der Waals surface area contributed by atoms with E-state index in [9.17, 15) is 4.39 Å². The maximum absolute atomic E-state index is 14.0. The van der Waals surface area contributed by atoms with E-state index in [-0.39, 0.29) is 11.9 Å². The lowest BCUT2D eigenvalue weighted by atomic mass is 10.0. The first kappa shape index (κ1) is 17.8. The molecule has 4 rings (SSSR count). The fraction of sp³-hybridized carbons (Fsp3) is 0.304. The Morgan fingerprint density at radius 3 is 2.67 bits per heavy atom. The van der Waals surface area contributed by atoms with Gasteiger partial charge in [0.25, 0.3) is 0 Å². The molecule has 0 fully saturated rings. The molecule has 0 radical (unpaired) electrons. The molecule has 1 unspecified atom stereocenters. The van der Waals surface area contributed by atoms with Crippen molar-refractivity contribution >= 4 is 0 Å². The molecule has 1 aromatic heterocycles. The Labute approximate surface area is 160 Å². The Morgan fingerprint density at radius 2 is 1.89 bits per heavy atom. The van der Waals surface area contributed by atoms with Crippen LogP contribution in [0.4, 0.5) is 4.39 Å². The van der Waals surface area contributed by atoms with E-state index in [0.29, 0.717) is 6.61 Å². The van der Waals surface area contributed by atoms with Gasteiger partial charge in [-0.3, -0.25) is 4.90 Å². The van der Waals surface area contributed by atoms with E-state index in [1.165, 1.54) is 17.3 Å². The lowest BCUT2D eigenvalue weighted by molar-refractivity contribution is 0.220. The van der Waals surface area contributed by atoms with Crippen molar-refractivity contribution in [3.8, 4) is 5.75 Å². The van der Waals surface area contributed by atoms with E-state index < -0.39 is 0 Å². The van der Waals surface area contributed by atoms with Crippen LogP contribution in [0.2, 0.25) is 0 Å². The molecule has 0 aliphatic carbocycles. The largest absolute Gasteiger partial charge is 0.494 e. The fourth-order valence-corrected chi connectivity index (χ4v) is 3.96. The number of aromatic nitrogens is 1. The summed E-state index contributed by atoms with van der Waals surface area (Å²) in [6.07, 6.45) is 3.20. The van der Waals surface area contributed by atoms with Crippen LogP contribution < -0.4 is 4.74 Å². The summed E-state index contributed by atoms with van der Waals surface area (Å²) in [5, 5.41) is 0. The minimum atomic E-state index is -0.184. The summed E-state index contributed by atoms with van der Waals surface area (Å²) < 4.78 is 21.8. The van der Waals surface area contributed by atoms with Gasteiger partial charge in [0.2, 0.25) is 0 Å². The molecule has 0 spiro atoms. The highest BCUT2D eigenvalue weighted by molar-refractivity contribution is 5.32. The highest BCUT2D eigenvalue weighted by atomic mass is 19.1. The summed E-state index contributed by atoms with van der Waals surface area (Å²) in [4.78, 5) is 2.45. The maximum Gasteiger partial charge on any atom is 0.123 e. The minimum Gasteiger partial charge on any atom is -0.494 e. The van der Waals surface area contributed by atoms with E-state index in [2.05, 4.69) is 39.9 Å². The Kier molecular flexibility index (Phi) is 5.26. The molecular weight excluding hydrogens is 339 g/mol. The predicted octanol–water partition coefficient (Wildman–Crippen LogP) is 5.02. The van der Waals surface area contributed by atoms with Crippen LogP contribution in [0.25, 0.3) is 0 Å². The highest BCUT2D eigenvalue weighted by Gasteiger charge is 2.27. The first-order valence-electron chi connectivity index (χ1n) is 9.61. The Hall–Kier alpha value is -2.59. The van der Waals surface area contributed by atoms with Crippen molar-refractivity contribution in [1.82, 2.24) is 9.47 Å². The van der Waals surface area contributed by atoms with Gasteiger partial charge in [0, 0.05) is 31.5 Å². The van der Waals surface area contributed by atoms with Crippen molar-refractivity contribution in [3.63, 3.8) is 0 Å². The van der Waals surface area contributed by atoms with Crippen LogP contribution in [0.5, 0.6) is 5.75 Å². The third kappa shape index (κ3) is 3.91. The smallest absolute Gasteiger partial charge is 0.123 e. The summed E-state index contributed by atoms with van der Waals surface area (Å²) in [5.41, 5.74) is 3.46. The monoisotopic (exact) mass is 364 g/mol. The standard InChI is InChI=1S/C23H25FN2O/c1-2-27-21-11-9-18(10-12-21)17-26-15-5-14-25-13-4-8-22(25)23(26)19-6-3-7-20(24)16-19/h3-4,6-13,16,23H,2,5,14-15,17H2,1H3. The van der Waals surface area contributed by atoms with Gasteiger partial charge in [-0.05, 0) is 60.9 Å². The van der Waals surface area contributed by atoms with Gasteiger partial charge in [-0.2, -0.15) is 0 Å². The topological polar surface area (TPSA) is 17.4 Å². The van der Waals surface area contributed by atoms with Crippen molar-refractivity contribution in [2.24, 2.45) is 0 Å². The second-order valence-corrected chi connectivity index (χ2v) is 6.98. The average molecular weight is 364 g/mol. The molecule has 2 aromatic carbocycles. The molecule has 0 saturated heterocycles. The maximum atomic E-state index is 14.0. The van der Waals surface area contributed by atoms with Gasteiger partial charge >= 0.3 is 0 Å². The number of hydrogen-bond donors (Lipinski definition) is 0. The van der Waals surface area contributed by atoms with Gasteiger partial charge in [0.05, 0.1) is 12.6 Å². The first-order valence-corrected chi connectivity index (χ1v) is 9.61. The summed E-state index contributed by atoms with van der Waals surface area (Å²) in [5.74, 6) is 0.712. The van der Waals surface area contributed by atoms with Crippen LogP contribution in [-0.2, 0) is 13.1 Å². The zero-order valence-electron chi connectivity index (χ0n) is 15.6. The van der Waals surface area contributed by atoms with Crippen molar-refractivity contribution in [3.05, 3.63) is 89.5 Å². The number of nitrogens with zero attached hydrogens (tertiary/aromatic N) is 2. The number of halogens is 1. The molecule has 3 nitrogen and oxygen atoms in total. The Morgan fingerprint density at radius 1 is 1.04 bits per heavy atom. The van der Waals surface area contributed by atoms with Crippen molar-refractivity contribution in [2.75, 3.05) is 13.2 Å². The van der Waals surface area contributed by atoms with Gasteiger partial charge in [0.15, 0.2) is 0 Å². The van der Waals surface area contributed by atoms with E-state index in [1.807, 2.05) is 25.1 Å². The molecule has 0 N–H and O–H groups in total. The first-order chi connectivity index (χ1) is 13.2. The minimum absolute atomic E-state index is 0.0461. The molecule has 0 amide bonds. The zero-order chi connectivity index (χ0) is 18.6. The third-order valence-corrected chi connectivity index (χ3v) is 5.14. The lowest BCUT2D eigenvalue weighted by Crippen LogP contribution is -2.29. The van der Waals surface area contributed by atoms with Crippen LogP contribution in [-0.4, -0.2) is 22.6 Å². The van der Waals surface area contributed by atoms with Crippen molar-refractivity contribution in [1.29, 1.82) is 0 Å². The molecule has 0 saturated carbocycles. The number of aryl methyl sites for hydroxylation is 1. The van der Waals surface area contributed by atoms with Gasteiger partial charge in [0.1, 0.15) is 11.6 Å². The van der Waals surface area contributed by atoms with Crippen LogP contribution in [0.1, 0.15) is 36.2 Å². The van der Waals surface area contributed by atoms with E-state index >= 15 is 0 Å². The van der Waals surface area contributed by atoms with Crippen LogP contribution in [0.3, 0.4) is 0 Å². The SMILES string of the molecule is CCOc1ccc(CN2CCCn3cccc3C2c2cccc(F)c2)cc1. The predicted molar refractivity (Wildman–Crippen MR) is 105 cm³/mol. The second-order valence-electron chi connectivity index (χ2n) is 6.98. The fourth-order valence-electron chi connectivity index (χ4n) is 3.96. The van der Waals surface area contributed by atoms with Gasteiger partial charge in [-0.1, -0.05) is 24.3 Å². The van der Waals surface area contributed by atoms with E-state index in [0.717, 1.165) is 37.4 Å². The Bertz CT molecular complexity index is 887. The number of ether oxygens (including phenoxy) is 1. The lowest BCUT2D eigenvalue weighted by Gasteiger charge is -2.30. The summed E-state index contributed by atoms with van der Waals surface area (Å²) >= 11 is 0. The number of benzene rings is 2. The van der Waals surface area contributed by atoms with E-state index in [1.54, 1.807) is 12.1 Å². The number of fused-ring (bicyclic) bond motifs is 1. The number of rotatable bonds is 5. The molecular formula is C23H25FN2O. The van der Waals surface area contributed by atoms with Gasteiger partial charge in [-0.15, -0.1) is 0 Å². The molecule has 1 atom stereocenters. The normalized spacial score (nSPS) is 17.3. The van der Waals surface area contributed by atoms with Crippen LogP contribution in [0, 0.1) is 5.82 Å². The van der Waals surface area contributed by atoms with E-state index in [4.69, 9.17) is 4.74 Å². The van der Waals surface area contributed by atoms with Crippen molar-refractivity contribution < 1.29 is 9.13 Å². The Balaban J connectivity index is 1.66. The average Bonchev–Trinajstić information content (AvgIpc) is 3.05. The summed E-state index contributed by atoms with van der Waals surface area (Å²) in [6, 6.07) is 19.6. The van der Waals surface area contributed by atoms with Crippen LogP contribution in [0.15, 0.2) is 66.9 Å². The second kappa shape index (κ2) is 7.97. The molecule has 0 bridgehead atoms. The molecule has 140 valence electrons. The molecule has 1 aliphatic heterocycles. The highest BCUT2D eigenvalue weighted by Crippen LogP contribution is 2.33. The molecule has 3 aromatic rings. The summed E-state index contributed by atoms with van der Waals surface area (Å²) in [6.45, 7) is 5.44. The van der Waals surface area contributed by atoms with Gasteiger partial charge < -0.3 is 9.30 Å². The van der Waals surface area contributed by atoms with Gasteiger partial charge in [-0.25, -0.2) is 4.39 Å². The zero-order valence-corrected chi connectivity index (χ0v) is 15.6. The quantitative estimate of drug-likeness (QED) is 0.632. The molecule has 2 heterocycles. The number of hydrogen-bond acceptors (Lipinski definition) is 2. The van der Waals surface area contributed by atoms with Crippen molar-refractivity contribution in [2.45, 2.75) is 32.5 Å². The molecule has 1 aliphatic rings.